The number of carbonyl (C=O) groups is 1. The molecule has 0 heterocycles. The van der Waals surface area contributed by atoms with Gasteiger partial charge < -0.3 is 9.84 Å². The second-order valence-corrected chi connectivity index (χ2v) is 8.87. The molecule has 1 amide bonds. The lowest BCUT2D eigenvalue weighted by Crippen LogP contribution is -2.23. The predicted octanol–water partition coefficient (Wildman–Crippen LogP) is 5.48. The highest BCUT2D eigenvalue weighted by molar-refractivity contribution is 7.62. The molecule has 2 aromatic carbocycles. The highest BCUT2D eigenvalue weighted by Crippen LogP contribution is 2.50. The smallest absolute Gasteiger partial charge is 0.255 e. The van der Waals surface area contributed by atoms with Crippen LogP contribution < -0.4 is 5.32 Å². The van der Waals surface area contributed by atoms with E-state index in [1.54, 1.807) is 37.3 Å². The average Bonchev–Trinajstić information content (AvgIpc) is 2.62. The van der Waals surface area contributed by atoms with Crippen molar-refractivity contribution >= 4 is 19.4 Å². The van der Waals surface area contributed by atoms with Crippen LogP contribution in [0.3, 0.4) is 0 Å². The monoisotopic (exact) mass is 371 g/mol. The van der Waals surface area contributed by atoms with E-state index < -0.39 is 7.37 Å². The van der Waals surface area contributed by atoms with Crippen LogP contribution in [0.25, 0.3) is 6.08 Å². The molecule has 2 aromatic rings. The highest BCUT2D eigenvalue weighted by atomic mass is 31.2. The van der Waals surface area contributed by atoms with Gasteiger partial charge in [0.1, 0.15) is 5.44 Å². The molecule has 26 heavy (non-hydrogen) atoms. The minimum absolute atomic E-state index is 0.297. The lowest BCUT2D eigenvalue weighted by atomic mass is 10.0. The van der Waals surface area contributed by atoms with Crippen LogP contribution >= 0.6 is 7.37 Å². The molecule has 0 fully saturated rings. The summed E-state index contributed by atoms with van der Waals surface area (Å²) in [5.41, 5.74) is 2.89. The second-order valence-electron chi connectivity index (χ2n) is 6.43. The maximum absolute atomic E-state index is 13.0. The predicted molar refractivity (Wildman–Crippen MR) is 108 cm³/mol. The quantitative estimate of drug-likeness (QED) is 0.656. The summed E-state index contributed by atoms with van der Waals surface area (Å²) in [5.74, 6) is 0.128. The molecule has 1 N–H and O–H groups in total. The lowest BCUT2D eigenvalue weighted by molar-refractivity contribution is 0.0967. The molecule has 0 aliphatic carbocycles. The molecule has 0 aliphatic rings. The minimum Gasteiger partial charge on any atom is -0.325 e. The molecule has 1 atom stereocenters. The summed E-state index contributed by atoms with van der Waals surface area (Å²) >= 11 is 0. The first-order valence-electron chi connectivity index (χ1n) is 8.74. The number of nitrogens with one attached hydrogen (secondary N) is 1. The molecule has 0 radical (unpaired) electrons. The fourth-order valence-electron chi connectivity index (χ4n) is 2.48. The van der Waals surface area contributed by atoms with Crippen LogP contribution in [0.15, 0.2) is 60.0 Å². The maximum atomic E-state index is 13.0. The summed E-state index contributed by atoms with van der Waals surface area (Å²) in [7, 11) is -3.14. The topological polar surface area (TPSA) is 55.4 Å². The molecular weight excluding hydrogens is 345 g/mol. The molecule has 0 bridgehead atoms. The van der Waals surface area contributed by atoms with Crippen LogP contribution in [0.4, 0.5) is 0 Å². The van der Waals surface area contributed by atoms with Gasteiger partial charge in [0.2, 0.25) is 7.37 Å². The fourth-order valence-corrected chi connectivity index (χ4v) is 3.80. The van der Waals surface area contributed by atoms with E-state index in [2.05, 4.69) is 19.2 Å². The Morgan fingerprint density at radius 2 is 1.73 bits per heavy atom. The fraction of sp³-hybridized carbons (Fsp3) is 0.286. The number of hydrogen-bond acceptors (Lipinski definition) is 3. The lowest BCUT2D eigenvalue weighted by Gasteiger charge is -2.18. The maximum Gasteiger partial charge on any atom is 0.255 e. The number of amides is 1. The Bertz CT molecular complexity index is 811. The first-order valence-corrected chi connectivity index (χ1v) is 10.8. The van der Waals surface area contributed by atoms with E-state index in [1.807, 2.05) is 30.3 Å². The van der Waals surface area contributed by atoms with Crippen molar-refractivity contribution in [2.45, 2.75) is 26.7 Å². The standard InChI is InChI=1S/C21H26NO3P/c1-5-25-26(4,24)20(22-21(23)19-9-7-6-8-10-19)15-17-11-13-18(14-12-17)16(2)3/h6-16H,5H2,1-4H3,(H,22,23)/b20-15+. The van der Waals surface area contributed by atoms with Gasteiger partial charge in [0.25, 0.3) is 5.91 Å². The average molecular weight is 371 g/mol. The van der Waals surface area contributed by atoms with Crippen molar-refractivity contribution in [1.29, 1.82) is 0 Å². The van der Waals surface area contributed by atoms with Crippen molar-refractivity contribution in [3.05, 3.63) is 76.7 Å². The Labute approximate surface area is 155 Å². The Hall–Kier alpha value is -2.16. The molecule has 2 rings (SSSR count). The van der Waals surface area contributed by atoms with E-state index in [9.17, 15) is 9.36 Å². The van der Waals surface area contributed by atoms with Gasteiger partial charge in [0.15, 0.2) is 0 Å². The van der Waals surface area contributed by atoms with Crippen LogP contribution in [0, 0.1) is 0 Å². The zero-order valence-corrected chi connectivity index (χ0v) is 16.6. The van der Waals surface area contributed by atoms with Crippen molar-refractivity contribution in [3.63, 3.8) is 0 Å². The van der Waals surface area contributed by atoms with Crippen molar-refractivity contribution in [1.82, 2.24) is 5.32 Å². The number of rotatable bonds is 7. The van der Waals surface area contributed by atoms with Gasteiger partial charge in [0, 0.05) is 12.2 Å². The normalized spacial score (nSPS) is 14.1. The van der Waals surface area contributed by atoms with Crippen molar-refractivity contribution in [3.8, 4) is 0 Å². The molecule has 138 valence electrons. The molecule has 0 saturated heterocycles. The Morgan fingerprint density at radius 1 is 1.12 bits per heavy atom. The molecular formula is C21H26NO3P. The second kappa shape index (κ2) is 8.98. The van der Waals surface area contributed by atoms with E-state index in [0.717, 1.165) is 5.56 Å². The van der Waals surface area contributed by atoms with Gasteiger partial charge in [-0.2, -0.15) is 0 Å². The van der Waals surface area contributed by atoms with Gasteiger partial charge in [-0.15, -0.1) is 0 Å². The number of carbonyl (C=O) groups excluding carboxylic acids is 1. The zero-order valence-electron chi connectivity index (χ0n) is 15.7. The third-order valence-corrected chi connectivity index (χ3v) is 5.86. The van der Waals surface area contributed by atoms with Gasteiger partial charge in [-0.1, -0.05) is 56.3 Å². The summed E-state index contributed by atoms with van der Waals surface area (Å²) in [4.78, 5) is 12.5. The van der Waals surface area contributed by atoms with Gasteiger partial charge in [-0.05, 0) is 42.2 Å². The summed E-state index contributed by atoms with van der Waals surface area (Å²) in [5, 5.41) is 2.78. The van der Waals surface area contributed by atoms with Crippen LogP contribution in [0.5, 0.6) is 0 Å². The van der Waals surface area contributed by atoms with Crippen molar-refractivity contribution in [2.24, 2.45) is 0 Å². The summed E-state index contributed by atoms with van der Waals surface area (Å²) in [6.07, 6.45) is 1.72. The van der Waals surface area contributed by atoms with Gasteiger partial charge in [-0.3, -0.25) is 9.36 Å². The van der Waals surface area contributed by atoms with Gasteiger partial charge in [0.05, 0.1) is 6.61 Å². The number of benzene rings is 2. The largest absolute Gasteiger partial charge is 0.325 e. The van der Waals surface area contributed by atoms with Crippen LogP contribution in [0.1, 0.15) is 48.2 Å². The van der Waals surface area contributed by atoms with Crippen LogP contribution in [-0.4, -0.2) is 19.2 Å². The summed E-state index contributed by atoms with van der Waals surface area (Å²) in [6, 6.07) is 16.8. The molecule has 0 aliphatic heterocycles. The van der Waals surface area contributed by atoms with Gasteiger partial charge >= 0.3 is 0 Å². The third-order valence-electron chi connectivity index (χ3n) is 4.00. The Kier molecular flexibility index (Phi) is 6.96. The first-order chi connectivity index (χ1) is 12.3. The minimum atomic E-state index is -3.14. The Morgan fingerprint density at radius 3 is 2.27 bits per heavy atom. The van der Waals surface area contributed by atoms with Crippen LogP contribution in [0.2, 0.25) is 0 Å². The van der Waals surface area contributed by atoms with E-state index in [-0.39, 0.29) is 5.91 Å². The van der Waals surface area contributed by atoms with E-state index in [4.69, 9.17) is 4.52 Å². The third kappa shape index (κ3) is 5.42. The Balaban J connectivity index is 2.34. The van der Waals surface area contributed by atoms with Crippen molar-refractivity contribution in [2.75, 3.05) is 13.3 Å². The first kappa shape index (κ1) is 20.2. The molecule has 5 heteroatoms. The van der Waals surface area contributed by atoms with E-state index in [1.165, 1.54) is 12.2 Å². The molecule has 1 unspecified atom stereocenters. The SMILES string of the molecule is CCOP(C)(=O)/C(=C/c1ccc(C(C)C)cc1)NC(=O)c1ccccc1. The number of hydrogen-bond donors (Lipinski definition) is 1. The summed E-state index contributed by atoms with van der Waals surface area (Å²) in [6.45, 7) is 7.87. The van der Waals surface area contributed by atoms with Crippen molar-refractivity contribution < 1.29 is 13.9 Å². The molecule has 4 nitrogen and oxygen atoms in total. The molecule has 0 aromatic heterocycles. The highest BCUT2D eigenvalue weighted by Gasteiger charge is 2.24. The zero-order chi connectivity index (χ0) is 19.2. The molecule has 0 spiro atoms. The summed E-state index contributed by atoms with van der Waals surface area (Å²) < 4.78 is 18.4. The van der Waals surface area contributed by atoms with Crippen LogP contribution in [-0.2, 0) is 9.09 Å². The van der Waals surface area contributed by atoms with E-state index >= 15 is 0 Å². The molecule has 0 saturated carbocycles. The van der Waals surface area contributed by atoms with E-state index in [0.29, 0.717) is 23.5 Å². The van der Waals surface area contributed by atoms with Gasteiger partial charge in [-0.25, -0.2) is 0 Å².